The standard InChI is InChI=1S/C29H30N6S/c1-19(33-25-10-3-2-9-24(25)30)21-12-14-22(15-13-21)34-29-32-18-27(36-29)26-17-31-28-11-5-8-23(35(26)28)16-20-6-4-7-20/h3,5,8,10-15,17-18,20,33H,1-2,4,6-7,9,16,30H2,(H,32,34). The van der Waals surface area contributed by atoms with E-state index in [1.165, 1.54) is 25.0 Å². The summed E-state index contributed by atoms with van der Waals surface area (Å²) < 4.78 is 2.30. The van der Waals surface area contributed by atoms with Gasteiger partial charge in [-0.2, -0.15) is 0 Å². The van der Waals surface area contributed by atoms with Crippen molar-refractivity contribution < 1.29 is 0 Å². The van der Waals surface area contributed by atoms with Crippen molar-refractivity contribution in [3.63, 3.8) is 0 Å². The zero-order valence-electron chi connectivity index (χ0n) is 20.2. The van der Waals surface area contributed by atoms with Gasteiger partial charge in [0, 0.05) is 29.0 Å². The molecule has 2 aliphatic rings. The molecule has 0 aliphatic heterocycles. The SMILES string of the molecule is C=C(NC1=C(N)CCC=C1)c1ccc(Nc2ncc(-c3cnc4cccc(CC5CCC5)n34)s2)cc1. The normalized spacial score (nSPS) is 15.8. The molecule has 1 fully saturated rings. The predicted molar refractivity (Wildman–Crippen MR) is 149 cm³/mol. The van der Waals surface area contributed by atoms with Gasteiger partial charge in [0.25, 0.3) is 0 Å². The third-order valence-electron chi connectivity index (χ3n) is 7.07. The van der Waals surface area contributed by atoms with Crippen LogP contribution in [-0.2, 0) is 6.42 Å². The summed E-state index contributed by atoms with van der Waals surface area (Å²) in [4.78, 5) is 10.4. The number of pyridine rings is 1. The van der Waals surface area contributed by atoms with E-state index in [2.05, 4.69) is 55.9 Å². The van der Waals surface area contributed by atoms with E-state index in [0.29, 0.717) is 0 Å². The van der Waals surface area contributed by atoms with Crippen LogP contribution >= 0.6 is 11.3 Å². The van der Waals surface area contributed by atoms with Crippen LogP contribution in [-0.4, -0.2) is 14.4 Å². The second kappa shape index (κ2) is 9.66. The van der Waals surface area contributed by atoms with Crippen molar-refractivity contribution in [3.05, 3.63) is 96.2 Å². The molecule has 1 aromatic carbocycles. The van der Waals surface area contributed by atoms with E-state index in [4.69, 9.17) is 5.73 Å². The zero-order chi connectivity index (χ0) is 24.5. The first-order chi connectivity index (χ1) is 17.6. The number of thiazole rings is 1. The van der Waals surface area contributed by atoms with Gasteiger partial charge >= 0.3 is 0 Å². The van der Waals surface area contributed by atoms with E-state index in [1.54, 1.807) is 11.3 Å². The molecule has 4 aromatic rings. The Morgan fingerprint density at radius 1 is 1.11 bits per heavy atom. The van der Waals surface area contributed by atoms with E-state index in [1.807, 2.05) is 42.7 Å². The Bertz CT molecular complexity index is 1470. The lowest BCUT2D eigenvalue weighted by Crippen LogP contribution is -2.17. The number of allylic oxidation sites excluding steroid dienone is 3. The first kappa shape index (κ1) is 22.6. The first-order valence-electron chi connectivity index (χ1n) is 12.5. The van der Waals surface area contributed by atoms with Crippen LogP contribution in [0.15, 0.2) is 85.0 Å². The van der Waals surface area contributed by atoms with Crippen LogP contribution in [0.4, 0.5) is 10.8 Å². The Morgan fingerprint density at radius 2 is 1.97 bits per heavy atom. The van der Waals surface area contributed by atoms with E-state index in [0.717, 1.165) is 74.9 Å². The first-order valence-corrected chi connectivity index (χ1v) is 13.4. The molecule has 0 spiro atoms. The lowest BCUT2D eigenvalue weighted by molar-refractivity contribution is 0.311. The van der Waals surface area contributed by atoms with Crippen molar-refractivity contribution in [1.82, 2.24) is 19.7 Å². The molecule has 4 N–H and O–H groups in total. The summed E-state index contributed by atoms with van der Waals surface area (Å²) >= 11 is 1.64. The Balaban J connectivity index is 1.17. The molecular weight excluding hydrogens is 464 g/mol. The highest BCUT2D eigenvalue weighted by molar-refractivity contribution is 7.18. The summed E-state index contributed by atoms with van der Waals surface area (Å²) in [6.45, 7) is 4.18. The summed E-state index contributed by atoms with van der Waals surface area (Å²) in [5.41, 5.74) is 14.2. The summed E-state index contributed by atoms with van der Waals surface area (Å²) in [6.07, 6.45) is 15.1. The van der Waals surface area contributed by atoms with Gasteiger partial charge in [0.05, 0.1) is 22.5 Å². The number of benzene rings is 1. The van der Waals surface area contributed by atoms with Gasteiger partial charge < -0.3 is 16.4 Å². The topological polar surface area (TPSA) is 80.3 Å². The molecule has 0 radical (unpaired) electrons. The molecule has 2 aliphatic carbocycles. The molecular formula is C29H30N6S. The molecule has 0 amide bonds. The zero-order valence-corrected chi connectivity index (χ0v) is 21.0. The second-order valence-corrected chi connectivity index (χ2v) is 10.6. The van der Waals surface area contributed by atoms with Gasteiger partial charge in [0.15, 0.2) is 5.13 Å². The van der Waals surface area contributed by atoms with E-state index < -0.39 is 0 Å². The predicted octanol–water partition coefficient (Wildman–Crippen LogP) is 6.62. The maximum absolute atomic E-state index is 6.12. The van der Waals surface area contributed by atoms with E-state index in [9.17, 15) is 0 Å². The van der Waals surface area contributed by atoms with Gasteiger partial charge in [-0.05, 0) is 61.1 Å². The molecule has 6 nitrogen and oxygen atoms in total. The minimum absolute atomic E-state index is 0.798. The summed E-state index contributed by atoms with van der Waals surface area (Å²) in [7, 11) is 0. The number of hydrogen-bond donors (Lipinski definition) is 3. The number of imidazole rings is 1. The highest BCUT2D eigenvalue weighted by Crippen LogP contribution is 2.34. The van der Waals surface area contributed by atoms with Gasteiger partial charge in [0.2, 0.25) is 0 Å². The van der Waals surface area contributed by atoms with Crippen molar-refractivity contribution in [2.24, 2.45) is 11.7 Å². The molecule has 0 saturated heterocycles. The fraction of sp³-hybridized carbons (Fsp3) is 0.241. The summed E-state index contributed by atoms with van der Waals surface area (Å²) in [5, 5.41) is 7.64. The van der Waals surface area contributed by atoms with Crippen molar-refractivity contribution in [2.75, 3.05) is 5.32 Å². The van der Waals surface area contributed by atoms with Gasteiger partial charge in [-0.25, -0.2) is 9.97 Å². The molecule has 0 unspecified atom stereocenters. The average molecular weight is 495 g/mol. The number of rotatable bonds is 8. The smallest absolute Gasteiger partial charge is 0.187 e. The van der Waals surface area contributed by atoms with Crippen LogP contribution in [0.1, 0.15) is 43.4 Å². The second-order valence-electron chi connectivity index (χ2n) is 9.57. The summed E-state index contributed by atoms with van der Waals surface area (Å²) in [5.74, 6) is 0.798. The minimum atomic E-state index is 0.798. The van der Waals surface area contributed by atoms with Gasteiger partial charge in [0.1, 0.15) is 5.65 Å². The maximum atomic E-state index is 6.12. The third kappa shape index (κ3) is 4.54. The van der Waals surface area contributed by atoms with Crippen molar-refractivity contribution in [1.29, 1.82) is 0 Å². The fourth-order valence-corrected chi connectivity index (χ4v) is 5.63. The Hall–Kier alpha value is -3.84. The molecule has 3 aromatic heterocycles. The lowest BCUT2D eigenvalue weighted by Gasteiger charge is -2.25. The molecule has 182 valence electrons. The number of anilines is 2. The van der Waals surface area contributed by atoms with Crippen molar-refractivity contribution in [2.45, 2.75) is 38.5 Å². The highest BCUT2D eigenvalue weighted by atomic mass is 32.1. The number of aromatic nitrogens is 3. The van der Waals surface area contributed by atoms with Crippen molar-refractivity contribution in [3.8, 4) is 10.6 Å². The van der Waals surface area contributed by atoms with Gasteiger partial charge in [-0.3, -0.25) is 4.40 Å². The quantitative estimate of drug-likeness (QED) is 0.256. The minimum Gasteiger partial charge on any atom is -0.400 e. The molecule has 0 atom stereocenters. The van der Waals surface area contributed by atoms with Crippen LogP contribution < -0.4 is 16.4 Å². The molecule has 3 heterocycles. The molecule has 36 heavy (non-hydrogen) atoms. The largest absolute Gasteiger partial charge is 0.400 e. The Labute approximate surface area is 215 Å². The molecule has 7 heteroatoms. The molecule has 1 saturated carbocycles. The monoisotopic (exact) mass is 494 g/mol. The fourth-order valence-electron chi connectivity index (χ4n) is 4.80. The van der Waals surface area contributed by atoms with E-state index in [-0.39, 0.29) is 0 Å². The van der Waals surface area contributed by atoms with Crippen LogP contribution in [0.3, 0.4) is 0 Å². The van der Waals surface area contributed by atoms with Crippen molar-refractivity contribution >= 4 is 33.5 Å². The highest BCUT2D eigenvalue weighted by Gasteiger charge is 2.20. The number of hydrogen-bond acceptors (Lipinski definition) is 6. The maximum Gasteiger partial charge on any atom is 0.187 e. The van der Waals surface area contributed by atoms with Crippen LogP contribution in [0.25, 0.3) is 21.9 Å². The van der Waals surface area contributed by atoms with Gasteiger partial charge in [-0.1, -0.05) is 61.5 Å². The number of nitrogens with zero attached hydrogens (tertiary/aromatic N) is 3. The number of fused-ring (bicyclic) bond motifs is 1. The Kier molecular flexibility index (Phi) is 6.07. The van der Waals surface area contributed by atoms with Crippen LogP contribution in [0.5, 0.6) is 0 Å². The third-order valence-corrected chi connectivity index (χ3v) is 8.01. The Morgan fingerprint density at radius 3 is 2.75 bits per heavy atom. The number of nitrogens with two attached hydrogens (primary N) is 1. The van der Waals surface area contributed by atoms with Crippen LogP contribution in [0, 0.1) is 5.92 Å². The van der Waals surface area contributed by atoms with Crippen LogP contribution in [0.2, 0.25) is 0 Å². The van der Waals surface area contributed by atoms with E-state index >= 15 is 0 Å². The van der Waals surface area contributed by atoms with Gasteiger partial charge in [-0.15, -0.1) is 0 Å². The average Bonchev–Trinajstić information content (AvgIpc) is 3.50. The molecule has 6 rings (SSSR count). The molecule has 0 bridgehead atoms. The lowest BCUT2D eigenvalue weighted by atomic mass is 9.82. The number of nitrogens with one attached hydrogen (secondary N) is 2. The summed E-state index contributed by atoms with van der Waals surface area (Å²) in [6, 6.07) is 14.6.